The summed E-state index contributed by atoms with van der Waals surface area (Å²) in [7, 11) is 2.24. The molecule has 0 fully saturated rings. The molecule has 0 aliphatic carbocycles. The van der Waals surface area contributed by atoms with Crippen molar-refractivity contribution in [1.29, 1.82) is 0 Å². The summed E-state index contributed by atoms with van der Waals surface area (Å²) in [6.45, 7) is 14.6. The van der Waals surface area contributed by atoms with Gasteiger partial charge in [-0.15, -0.1) is 11.3 Å². The molecule has 1 rings (SSSR count). The summed E-state index contributed by atoms with van der Waals surface area (Å²) in [5.74, 6) is 1.49. The van der Waals surface area contributed by atoms with E-state index in [9.17, 15) is 0 Å². The van der Waals surface area contributed by atoms with E-state index >= 15 is 0 Å². The van der Waals surface area contributed by atoms with Crippen molar-refractivity contribution in [1.82, 2.24) is 10.2 Å². The van der Waals surface area contributed by atoms with Gasteiger partial charge in [-0.05, 0) is 50.9 Å². The van der Waals surface area contributed by atoms with Crippen molar-refractivity contribution in [3.8, 4) is 0 Å². The molecule has 1 heterocycles. The Morgan fingerprint density at radius 2 is 1.70 bits per heavy atom. The molecule has 0 amide bonds. The number of hydrogen-bond donors (Lipinski definition) is 1. The molecule has 1 atom stereocenters. The number of thiophene rings is 1. The minimum Gasteiger partial charge on any atom is -0.312 e. The van der Waals surface area contributed by atoms with Crippen LogP contribution in [0.3, 0.4) is 0 Å². The molecule has 0 saturated heterocycles. The van der Waals surface area contributed by atoms with Crippen molar-refractivity contribution in [2.24, 2.45) is 11.8 Å². The highest BCUT2D eigenvalue weighted by Crippen LogP contribution is 2.20. The first kappa shape index (κ1) is 17.7. The topological polar surface area (TPSA) is 15.3 Å². The Hall–Kier alpha value is -0.380. The van der Waals surface area contributed by atoms with Gasteiger partial charge >= 0.3 is 0 Å². The minimum absolute atomic E-state index is 0.652. The molecule has 0 spiro atoms. The summed E-state index contributed by atoms with van der Waals surface area (Å²) in [4.78, 5) is 5.40. The molecular formula is C17H32N2S. The Kier molecular flexibility index (Phi) is 7.78. The highest BCUT2D eigenvalue weighted by molar-refractivity contribution is 7.11. The van der Waals surface area contributed by atoms with Crippen LogP contribution in [-0.2, 0) is 13.1 Å². The average molecular weight is 297 g/mol. The molecule has 1 N–H and O–H groups in total. The fourth-order valence-corrected chi connectivity index (χ4v) is 3.40. The van der Waals surface area contributed by atoms with Crippen LogP contribution < -0.4 is 5.32 Å². The molecule has 0 aromatic carbocycles. The van der Waals surface area contributed by atoms with Crippen LogP contribution in [0, 0.1) is 11.8 Å². The van der Waals surface area contributed by atoms with Gasteiger partial charge in [0.25, 0.3) is 0 Å². The number of nitrogens with zero attached hydrogens (tertiary/aromatic N) is 1. The van der Waals surface area contributed by atoms with Crippen LogP contribution in [0.5, 0.6) is 0 Å². The lowest BCUT2D eigenvalue weighted by atomic mass is 10.0. The molecule has 2 nitrogen and oxygen atoms in total. The maximum atomic E-state index is 3.51. The second kappa shape index (κ2) is 8.81. The second-order valence-electron chi connectivity index (χ2n) is 6.79. The van der Waals surface area contributed by atoms with Crippen LogP contribution >= 0.6 is 11.3 Å². The highest BCUT2D eigenvalue weighted by Gasteiger charge is 2.12. The predicted molar refractivity (Wildman–Crippen MR) is 91.2 cm³/mol. The molecule has 3 heteroatoms. The fraction of sp³-hybridized carbons (Fsp3) is 0.765. The molecule has 0 aliphatic rings. The van der Waals surface area contributed by atoms with Gasteiger partial charge in [0, 0.05) is 28.9 Å². The number of nitrogens with one attached hydrogen (secondary N) is 1. The lowest BCUT2D eigenvalue weighted by molar-refractivity contribution is 0.222. The zero-order chi connectivity index (χ0) is 15.1. The normalized spacial score (nSPS) is 13.7. The predicted octanol–water partition coefficient (Wildman–Crippen LogP) is 4.36. The summed E-state index contributed by atoms with van der Waals surface area (Å²) in [6, 6.07) is 5.21. The van der Waals surface area contributed by atoms with Crippen molar-refractivity contribution in [2.75, 3.05) is 13.6 Å². The van der Waals surface area contributed by atoms with Crippen LogP contribution in [0.2, 0.25) is 0 Å². The molecule has 1 aromatic heterocycles. The Labute approximate surface area is 129 Å². The third-order valence-electron chi connectivity index (χ3n) is 3.54. The van der Waals surface area contributed by atoms with Gasteiger partial charge in [-0.2, -0.15) is 0 Å². The molecule has 1 unspecified atom stereocenters. The van der Waals surface area contributed by atoms with Gasteiger partial charge in [-0.1, -0.05) is 27.7 Å². The van der Waals surface area contributed by atoms with Gasteiger partial charge in [0.05, 0.1) is 0 Å². The minimum atomic E-state index is 0.652. The summed E-state index contributed by atoms with van der Waals surface area (Å²) in [6.07, 6.45) is 1.27. The third-order valence-corrected chi connectivity index (χ3v) is 4.61. The van der Waals surface area contributed by atoms with Gasteiger partial charge in [-0.25, -0.2) is 0 Å². The average Bonchev–Trinajstić information content (AvgIpc) is 2.75. The molecule has 0 saturated carbocycles. The molecule has 0 aliphatic heterocycles. The van der Waals surface area contributed by atoms with Gasteiger partial charge in [0.15, 0.2) is 0 Å². The second-order valence-corrected chi connectivity index (χ2v) is 8.04. The van der Waals surface area contributed by atoms with Gasteiger partial charge in [0.1, 0.15) is 0 Å². The SMILES string of the molecule is CC(C)CNCc1ccc(CN(C)C(C)CC(C)C)s1. The quantitative estimate of drug-likeness (QED) is 0.728. The van der Waals surface area contributed by atoms with E-state index in [2.05, 4.69) is 64.0 Å². The van der Waals surface area contributed by atoms with E-state index in [0.717, 1.165) is 31.5 Å². The zero-order valence-electron chi connectivity index (χ0n) is 14.1. The van der Waals surface area contributed by atoms with E-state index in [1.165, 1.54) is 16.2 Å². The first-order valence-corrected chi connectivity index (χ1v) is 8.68. The lowest BCUT2D eigenvalue weighted by Crippen LogP contribution is -2.29. The molecule has 20 heavy (non-hydrogen) atoms. The maximum Gasteiger partial charge on any atom is 0.0327 e. The molecule has 0 radical (unpaired) electrons. The summed E-state index contributed by atoms with van der Waals surface area (Å²) >= 11 is 1.94. The summed E-state index contributed by atoms with van der Waals surface area (Å²) < 4.78 is 0. The van der Waals surface area contributed by atoms with E-state index in [0.29, 0.717) is 6.04 Å². The maximum absolute atomic E-state index is 3.51. The lowest BCUT2D eigenvalue weighted by Gasteiger charge is -2.25. The van der Waals surface area contributed by atoms with Crippen LogP contribution in [-0.4, -0.2) is 24.5 Å². The zero-order valence-corrected chi connectivity index (χ0v) is 14.9. The van der Waals surface area contributed by atoms with E-state index in [1.807, 2.05) is 11.3 Å². The largest absolute Gasteiger partial charge is 0.312 e. The van der Waals surface area contributed by atoms with Crippen LogP contribution in [0.15, 0.2) is 12.1 Å². The Morgan fingerprint density at radius 1 is 1.05 bits per heavy atom. The van der Waals surface area contributed by atoms with Crippen molar-refractivity contribution >= 4 is 11.3 Å². The first-order chi connectivity index (χ1) is 9.38. The standard InChI is InChI=1S/C17H32N2S/c1-13(2)9-15(5)19(6)12-17-8-7-16(20-17)11-18-10-14(3)4/h7-8,13-15,18H,9-12H2,1-6H3. The van der Waals surface area contributed by atoms with Crippen molar-refractivity contribution in [3.05, 3.63) is 21.9 Å². The first-order valence-electron chi connectivity index (χ1n) is 7.87. The number of rotatable bonds is 9. The van der Waals surface area contributed by atoms with Gasteiger partial charge in [-0.3, -0.25) is 4.90 Å². The molecule has 116 valence electrons. The van der Waals surface area contributed by atoms with Crippen molar-refractivity contribution in [2.45, 2.75) is 60.2 Å². The van der Waals surface area contributed by atoms with Crippen LogP contribution in [0.1, 0.15) is 50.8 Å². The van der Waals surface area contributed by atoms with Crippen molar-refractivity contribution in [3.63, 3.8) is 0 Å². The monoisotopic (exact) mass is 296 g/mol. The smallest absolute Gasteiger partial charge is 0.0327 e. The van der Waals surface area contributed by atoms with E-state index in [1.54, 1.807) is 0 Å². The van der Waals surface area contributed by atoms with Crippen LogP contribution in [0.4, 0.5) is 0 Å². The molecular weight excluding hydrogens is 264 g/mol. The summed E-state index contributed by atoms with van der Waals surface area (Å²) in [5.41, 5.74) is 0. The molecule has 0 bridgehead atoms. The fourth-order valence-electron chi connectivity index (χ4n) is 2.35. The van der Waals surface area contributed by atoms with E-state index in [4.69, 9.17) is 0 Å². The Balaban J connectivity index is 2.39. The Bertz CT molecular complexity index is 371. The van der Waals surface area contributed by atoms with E-state index in [-0.39, 0.29) is 0 Å². The third kappa shape index (κ3) is 6.87. The molecule has 1 aromatic rings. The number of hydrogen-bond acceptors (Lipinski definition) is 3. The van der Waals surface area contributed by atoms with Gasteiger partial charge in [0.2, 0.25) is 0 Å². The Morgan fingerprint density at radius 3 is 2.30 bits per heavy atom. The van der Waals surface area contributed by atoms with E-state index < -0.39 is 0 Å². The van der Waals surface area contributed by atoms with Crippen molar-refractivity contribution < 1.29 is 0 Å². The van der Waals surface area contributed by atoms with Crippen LogP contribution in [0.25, 0.3) is 0 Å². The summed E-state index contributed by atoms with van der Waals surface area (Å²) in [5, 5.41) is 3.51. The van der Waals surface area contributed by atoms with Gasteiger partial charge < -0.3 is 5.32 Å². The highest BCUT2D eigenvalue weighted by atomic mass is 32.1.